The van der Waals surface area contributed by atoms with E-state index in [1.807, 2.05) is 37.3 Å². The van der Waals surface area contributed by atoms with Gasteiger partial charge in [0.25, 0.3) is 0 Å². The van der Waals surface area contributed by atoms with Crippen molar-refractivity contribution < 1.29 is 28.6 Å². The molecule has 0 N–H and O–H groups in total. The maximum atomic E-state index is 13.0. The molecule has 0 aliphatic heterocycles. The van der Waals surface area contributed by atoms with Crippen molar-refractivity contribution in [2.45, 2.75) is 71.9 Å². The fraction of sp³-hybridized carbons (Fsp3) is 0.483. The first-order valence-corrected chi connectivity index (χ1v) is 12.4. The third kappa shape index (κ3) is 9.02. The van der Waals surface area contributed by atoms with E-state index in [0.717, 1.165) is 24.0 Å². The van der Waals surface area contributed by atoms with Crippen molar-refractivity contribution in [1.29, 1.82) is 0 Å². The Hall–Kier alpha value is -3.35. The summed E-state index contributed by atoms with van der Waals surface area (Å²) in [4.78, 5) is 39.8. The number of nitrogens with zero attached hydrogens (tertiary/aromatic N) is 1. The molecule has 2 aromatic carbocycles. The summed E-state index contributed by atoms with van der Waals surface area (Å²) < 4.78 is 16.0. The molecule has 0 bridgehead atoms. The van der Waals surface area contributed by atoms with Crippen LogP contribution in [0.4, 0.5) is 4.79 Å². The van der Waals surface area contributed by atoms with Gasteiger partial charge in [-0.1, -0.05) is 49.7 Å². The molecule has 2 rings (SSSR count). The van der Waals surface area contributed by atoms with Crippen LogP contribution in [-0.2, 0) is 32.0 Å². The van der Waals surface area contributed by atoms with Crippen molar-refractivity contribution in [2.75, 3.05) is 20.3 Å². The molecule has 2 aromatic rings. The number of carbonyl (C=O) groups is 3. The molecular formula is C29H39NO6. The van der Waals surface area contributed by atoms with Crippen LogP contribution in [-0.4, -0.2) is 48.8 Å². The highest BCUT2D eigenvalue weighted by Gasteiger charge is 2.25. The fourth-order valence-corrected chi connectivity index (χ4v) is 3.65. The van der Waals surface area contributed by atoms with Crippen LogP contribution in [0.25, 0.3) is 0 Å². The molecule has 0 aromatic heterocycles. The lowest BCUT2D eigenvalue weighted by atomic mass is 9.93. The molecule has 0 aliphatic carbocycles. The zero-order valence-corrected chi connectivity index (χ0v) is 22.3. The minimum Gasteiger partial charge on any atom is -0.469 e. The van der Waals surface area contributed by atoms with Gasteiger partial charge in [-0.05, 0) is 69.4 Å². The molecular weight excluding hydrogens is 458 g/mol. The first-order chi connectivity index (χ1) is 17.1. The molecule has 196 valence electrons. The summed E-state index contributed by atoms with van der Waals surface area (Å²) >= 11 is 0. The topological polar surface area (TPSA) is 82.1 Å². The second-order valence-corrected chi connectivity index (χ2v) is 9.79. The second kappa shape index (κ2) is 13.7. The van der Waals surface area contributed by atoms with Crippen LogP contribution in [0.15, 0.2) is 48.5 Å². The lowest BCUT2D eigenvalue weighted by Crippen LogP contribution is -2.34. The number of benzene rings is 2. The van der Waals surface area contributed by atoms with E-state index in [1.54, 1.807) is 50.8 Å². The number of unbranched alkanes of at least 4 members (excludes halogenated alkanes) is 1. The molecule has 0 aliphatic rings. The summed E-state index contributed by atoms with van der Waals surface area (Å²) in [5, 5.41) is 0. The Kier molecular flexibility index (Phi) is 11.0. The van der Waals surface area contributed by atoms with Gasteiger partial charge in [0.15, 0.2) is 0 Å². The SMILES string of the molecule is CCCCOC(=O)N(CCc1ccccc1)Cc1ccc(C(=O)OC(C)(C)C)cc1C(C)C(=O)OC. The number of ether oxygens (including phenoxy) is 3. The van der Waals surface area contributed by atoms with Gasteiger partial charge in [-0.3, -0.25) is 4.79 Å². The molecule has 0 saturated carbocycles. The molecule has 0 saturated heterocycles. The number of hydrogen-bond acceptors (Lipinski definition) is 6. The van der Waals surface area contributed by atoms with Crippen molar-refractivity contribution in [3.63, 3.8) is 0 Å². The lowest BCUT2D eigenvalue weighted by molar-refractivity contribution is -0.142. The zero-order valence-electron chi connectivity index (χ0n) is 22.3. The Morgan fingerprint density at radius 2 is 1.72 bits per heavy atom. The number of hydrogen-bond donors (Lipinski definition) is 0. The van der Waals surface area contributed by atoms with E-state index >= 15 is 0 Å². The van der Waals surface area contributed by atoms with Gasteiger partial charge in [-0.15, -0.1) is 0 Å². The number of rotatable bonds is 11. The van der Waals surface area contributed by atoms with Gasteiger partial charge in [-0.2, -0.15) is 0 Å². The molecule has 0 radical (unpaired) electrons. The van der Waals surface area contributed by atoms with E-state index in [1.165, 1.54) is 7.11 Å². The minimum absolute atomic E-state index is 0.225. The van der Waals surface area contributed by atoms with Crippen LogP contribution in [0, 0.1) is 0 Å². The molecule has 0 spiro atoms. The van der Waals surface area contributed by atoms with Crippen molar-refractivity contribution in [1.82, 2.24) is 4.90 Å². The predicted octanol–water partition coefficient (Wildman–Crippen LogP) is 5.90. The highest BCUT2D eigenvalue weighted by Crippen LogP contribution is 2.26. The van der Waals surface area contributed by atoms with Crippen molar-refractivity contribution in [2.24, 2.45) is 0 Å². The molecule has 1 atom stereocenters. The molecule has 0 fully saturated rings. The highest BCUT2D eigenvalue weighted by atomic mass is 16.6. The Bertz CT molecular complexity index is 1010. The van der Waals surface area contributed by atoms with Crippen LogP contribution in [0.1, 0.15) is 80.4 Å². The van der Waals surface area contributed by atoms with Crippen LogP contribution >= 0.6 is 0 Å². The smallest absolute Gasteiger partial charge is 0.410 e. The summed E-state index contributed by atoms with van der Waals surface area (Å²) in [6.45, 7) is 10.2. The summed E-state index contributed by atoms with van der Waals surface area (Å²) in [5.74, 6) is -1.55. The van der Waals surface area contributed by atoms with Gasteiger partial charge in [0.1, 0.15) is 5.60 Å². The summed E-state index contributed by atoms with van der Waals surface area (Å²) in [6, 6.07) is 15.0. The zero-order chi connectivity index (χ0) is 26.7. The summed E-state index contributed by atoms with van der Waals surface area (Å²) in [6.07, 6.45) is 1.95. The summed E-state index contributed by atoms with van der Waals surface area (Å²) in [5.41, 5.74) is 2.13. The van der Waals surface area contributed by atoms with Gasteiger partial charge in [0.05, 0.1) is 25.2 Å². The molecule has 36 heavy (non-hydrogen) atoms. The first kappa shape index (κ1) is 28.9. The maximum Gasteiger partial charge on any atom is 0.410 e. The third-order valence-corrected chi connectivity index (χ3v) is 5.66. The van der Waals surface area contributed by atoms with Gasteiger partial charge in [0.2, 0.25) is 0 Å². The van der Waals surface area contributed by atoms with E-state index in [2.05, 4.69) is 0 Å². The second-order valence-electron chi connectivity index (χ2n) is 9.79. The van der Waals surface area contributed by atoms with Gasteiger partial charge in [0, 0.05) is 13.1 Å². The Labute approximate surface area is 214 Å². The Morgan fingerprint density at radius 3 is 2.33 bits per heavy atom. The van der Waals surface area contributed by atoms with Crippen molar-refractivity contribution >= 4 is 18.0 Å². The standard InChI is InChI=1S/C29H39NO6/c1-7-8-18-35-28(33)30(17-16-22-12-10-9-11-13-22)20-24-15-14-23(27(32)36-29(3,4)5)19-25(24)21(2)26(31)34-6/h9-15,19,21H,7-8,16-18,20H2,1-6H3. The van der Waals surface area contributed by atoms with Gasteiger partial charge in [-0.25, -0.2) is 9.59 Å². The van der Waals surface area contributed by atoms with E-state index < -0.39 is 29.6 Å². The van der Waals surface area contributed by atoms with E-state index in [0.29, 0.717) is 30.7 Å². The van der Waals surface area contributed by atoms with Crippen LogP contribution < -0.4 is 0 Å². The first-order valence-electron chi connectivity index (χ1n) is 12.4. The Balaban J connectivity index is 2.37. The maximum absolute atomic E-state index is 13.0. The monoisotopic (exact) mass is 497 g/mol. The van der Waals surface area contributed by atoms with Gasteiger partial charge < -0.3 is 19.1 Å². The van der Waals surface area contributed by atoms with E-state index in [9.17, 15) is 14.4 Å². The number of carbonyl (C=O) groups excluding carboxylic acids is 3. The Morgan fingerprint density at radius 1 is 1.03 bits per heavy atom. The lowest BCUT2D eigenvalue weighted by Gasteiger charge is -2.25. The van der Waals surface area contributed by atoms with E-state index in [4.69, 9.17) is 14.2 Å². The largest absolute Gasteiger partial charge is 0.469 e. The normalized spacial score (nSPS) is 11.9. The van der Waals surface area contributed by atoms with Crippen LogP contribution in [0.3, 0.4) is 0 Å². The number of amides is 1. The average Bonchev–Trinajstić information content (AvgIpc) is 2.85. The quantitative estimate of drug-likeness (QED) is 0.218. The number of methoxy groups -OCH3 is 1. The fourth-order valence-electron chi connectivity index (χ4n) is 3.65. The summed E-state index contributed by atoms with van der Waals surface area (Å²) in [7, 11) is 1.33. The molecule has 1 unspecified atom stereocenters. The number of esters is 2. The van der Waals surface area contributed by atoms with Crippen LogP contribution in [0.5, 0.6) is 0 Å². The van der Waals surface area contributed by atoms with Gasteiger partial charge >= 0.3 is 18.0 Å². The van der Waals surface area contributed by atoms with Crippen molar-refractivity contribution in [3.8, 4) is 0 Å². The third-order valence-electron chi connectivity index (χ3n) is 5.66. The van der Waals surface area contributed by atoms with E-state index in [-0.39, 0.29) is 6.54 Å². The molecule has 0 heterocycles. The average molecular weight is 498 g/mol. The highest BCUT2D eigenvalue weighted by molar-refractivity contribution is 5.90. The van der Waals surface area contributed by atoms with Crippen LogP contribution in [0.2, 0.25) is 0 Å². The minimum atomic E-state index is -0.652. The molecule has 7 nitrogen and oxygen atoms in total. The molecule has 7 heteroatoms. The predicted molar refractivity (Wildman–Crippen MR) is 139 cm³/mol. The van der Waals surface area contributed by atoms with Crippen molar-refractivity contribution in [3.05, 3.63) is 70.8 Å². The molecule has 1 amide bonds.